The Morgan fingerprint density at radius 1 is 1.32 bits per heavy atom. The van der Waals surface area contributed by atoms with Crippen molar-refractivity contribution >= 4 is 17.5 Å². The maximum atomic E-state index is 11.4. The first-order chi connectivity index (χ1) is 9.18. The van der Waals surface area contributed by atoms with Gasteiger partial charge in [-0.25, -0.2) is 0 Å². The second-order valence-corrected chi connectivity index (χ2v) is 5.23. The number of hydrogen-bond acceptors (Lipinski definition) is 4. The van der Waals surface area contributed by atoms with Crippen molar-refractivity contribution in [2.45, 2.75) is 18.7 Å². The summed E-state index contributed by atoms with van der Waals surface area (Å²) in [6.07, 6.45) is 1.68. The van der Waals surface area contributed by atoms with Gasteiger partial charge >= 0.3 is 0 Å². The largest absolute Gasteiger partial charge is 0.492 e. The highest BCUT2D eigenvalue weighted by Crippen LogP contribution is 2.23. The second kappa shape index (κ2) is 6.48. The van der Waals surface area contributed by atoms with Crippen molar-refractivity contribution in [2.75, 3.05) is 12.4 Å². The van der Waals surface area contributed by atoms with Gasteiger partial charge in [-0.3, -0.25) is 4.79 Å². The van der Waals surface area contributed by atoms with Gasteiger partial charge in [-0.1, -0.05) is 12.1 Å². The Balaban J connectivity index is 1.86. The first-order valence-electron chi connectivity index (χ1n) is 6.08. The van der Waals surface area contributed by atoms with Crippen LogP contribution in [-0.4, -0.2) is 18.1 Å². The van der Waals surface area contributed by atoms with Crippen LogP contribution in [0.4, 0.5) is 0 Å². The molecule has 0 saturated heterocycles. The van der Waals surface area contributed by atoms with Gasteiger partial charge in [0.1, 0.15) is 11.5 Å². The van der Waals surface area contributed by atoms with E-state index in [1.807, 2.05) is 31.2 Å². The minimum Gasteiger partial charge on any atom is -0.492 e. The minimum atomic E-state index is 0.0222. The van der Waals surface area contributed by atoms with E-state index in [1.165, 1.54) is 0 Å². The van der Waals surface area contributed by atoms with E-state index in [-0.39, 0.29) is 5.78 Å². The van der Waals surface area contributed by atoms with E-state index >= 15 is 0 Å². The predicted molar refractivity (Wildman–Crippen MR) is 76.1 cm³/mol. The number of hydrogen-bond donors (Lipinski definition) is 0. The number of furan rings is 1. The van der Waals surface area contributed by atoms with Crippen LogP contribution in [0.2, 0.25) is 0 Å². The lowest BCUT2D eigenvalue weighted by atomic mass is 10.1. The lowest BCUT2D eigenvalue weighted by molar-refractivity contribution is 0.101. The fourth-order valence-corrected chi connectivity index (χ4v) is 2.50. The highest BCUT2D eigenvalue weighted by atomic mass is 32.2. The summed E-state index contributed by atoms with van der Waals surface area (Å²) in [5, 5.41) is 0. The number of aryl methyl sites for hydroxylation is 1. The molecule has 0 aliphatic carbocycles. The maximum Gasteiger partial charge on any atom is 0.163 e. The number of ether oxygens (including phenoxy) is 1. The van der Waals surface area contributed by atoms with E-state index in [1.54, 1.807) is 31.0 Å². The Morgan fingerprint density at radius 2 is 2.11 bits per heavy atom. The van der Waals surface area contributed by atoms with E-state index in [0.717, 1.165) is 16.4 Å². The van der Waals surface area contributed by atoms with Gasteiger partial charge in [0.2, 0.25) is 0 Å². The molecular formula is C15H16O3S. The summed E-state index contributed by atoms with van der Waals surface area (Å²) >= 11 is 1.68. The molecule has 0 bridgehead atoms. The molecule has 0 saturated carbocycles. The maximum absolute atomic E-state index is 11.4. The van der Waals surface area contributed by atoms with Crippen LogP contribution >= 0.6 is 11.8 Å². The molecule has 3 nitrogen and oxygen atoms in total. The lowest BCUT2D eigenvalue weighted by Gasteiger charge is -2.09. The Kier molecular flexibility index (Phi) is 4.68. The third-order valence-corrected chi connectivity index (χ3v) is 3.78. The molecule has 0 spiro atoms. The SMILES string of the molecule is CC(=O)c1ccccc1OCCSc1ccoc1C. The van der Waals surface area contributed by atoms with Crippen LogP contribution in [0.15, 0.2) is 45.9 Å². The Hall–Kier alpha value is -1.68. The zero-order valence-corrected chi connectivity index (χ0v) is 11.8. The van der Waals surface area contributed by atoms with Gasteiger partial charge in [-0.2, -0.15) is 0 Å². The zero-order chi connectivity index (χ0) is 13.7. The van der Waals surface area contributed by atoms with Crippen molar-refractivity contribution in [1.82, 2.24) is 0 Å². The van der Waals surface area contributed by atoms with Crippen molar-refractivity contribution in [3.05, 3.63) is 47.9 Å². The number of ketones is 1. The van der Waals surface area contributed by atoms with Gasteiger partial charge in [0.15, 0.2) is 5.78 Å². The standard InChI is InChI=1S/C15H16O3S/c1-11(16)13-5-3-4-6-14(13)18-9-10-19-15-7-8-17-12(15)2/h3-8H,9-10H2,1-2H3. The summed E-state index contributed by atoms with van der Waals surface area (Å²) in [5.41, 5.74) is 0.631. The summed E-state index contributed by atoms with van der Waals surface area (Å²) in [7, 11) is 0. The van der Waals surface area contributed by atoms with Crippen molar-refractivity contribution in [2.24, 2.45) is 0 Å². The Bertz CT molecular complexity index is 560. The lowest BCUT2D eigenvalue weighted by Crippen LogP contribution is -2.04. The molecule has 19 heavy (non-hydrogen) atoms. The molecule has 0 N–H and O–H groups in total. The van der Waals surface area contributed by atoms with Crippen molar-refractivity contribution in [1.29, 1.82) is 0 Å². The summed E-state index contributed by atoms with van der Waals surface area (Å²) in [5.74, 6) is 2.41. The van der Waals surface area contributed by atoms with Gasteiger partial charge in [-0.05, 0) is 32.0 Å². The summed E-state index contributed by atoms with van der Waals surface area (Å²) in [6.45, 7) is 4.04. The number of para-hydroxylation sites is 1. The van der Waals surface area contributed by atoms with Crippen LogP contribution in [0.5, 0.6) is 5.75 Å². The van der Waals surface area contributed by atoms with Crippen LogP contribution in [0.25, 0.3) is 0 Å². The molecule has 0 aliphatic rings. The van der Waals surface area contributed by atoms with Gasteiger partial charge in [0, 0.05) is 10.6 Å². The average molecular weight is 276 g/mol. The zero-order valence-electron chi connectivity index (χ0n) is 11.0. The number of carbonyl (C=O) groups is 1. The van der Waals surface area contributed by atoms with E-state index in [0.29, 0.717) is 17.9 Å². The van der Waals surface area contributed by atoms with Crippen molar-refractivity contribution < 1.29 is 13.9 Å². The second-order valence-electron chi connectivity index (χ2n) is 4.09. The van der Waals surface area contributed by atoms with E-state index in [9.17, 15) is 4.79 Å². The number of thioether (sulfide) groups is 1. The molecule has 1 aromatic heterocycles. The fourth-order valence-electron chi connectivity index (χ4n) is 1.71. The van der Waals surface area contributed by atoms with Crippen LogP contribution in [0.1, 0.15) is 23.0 Å². The molecule has 0 unspecified atom stereocenters. The molecule has 1 aromatic carbocycles. The highest BCUT2D eigenvalue weighted by molar-refractivity contribution is 7.99. The molecule has 1 heterocycles. The molecular weight excluding hydrogens is 260 g/mol. The normalized spacial score (nSPS) is 10.4. The average Bonchev–Trinajstić information content (AvgIpc) is 2.80. The van der Waals surface area contributed by atoms with Crippen LogP contribution in [-0.2, 0) is 0 Å². The van der Waals surface area contributed by atoms with Gasteiger partial charge in [0.25, 0.3) is 0 Å². The topological polar surface area (TPSA) is 39.4 Å². The van der Waals surface area contributed by atoms with Gasteiger partial charge in [-0.15, -0.1) is 11.8 Å². The minimum absolute atomic E-state index is 0.0222. The monoisotopic (exact) mass is 276 g/mol. The fraction of sp³-hybridized carbons (Fsp3) is 0.267. The first-order valence-corrected chi connectivity index (χ1v) is 7.06. The molecule has 0 atom stereocenters. The Morgan fingerprint density at radius 3 is 2.79 bits per heavy atom. The highest BCUT2D eigenvalue weighted by Gasteiger charge is 2.07. The molecule has 100 valence electrons. The van der Waals surface area contributed by atoms with Crippen molar-refractivity contribution in [3.63, 3.8) is 0 Å². The molecule has 2 rings (SSSR count). The number of Topliss-reactive ketones (excluding diaryl/α,β-unsaturated/α-hetero) is 1. The predicted octanol–water partition coefficient (Wildman–Crippen LogP) is 3.96. The number of rotatable bonds is 6. The van der Waals surface area contributed by atoms with E-state index in [4.69, 9.17) is 9.15 Å². The van der Waals surface area contributed by atoms with Crippen LogP contribution in [0, 0.1) is 6.92 Å². The van der Waals surface area contributed by atoms with E-state index in [2.05, 4.69) is 0 Å². The summed E-state index contributed by atoms with van der Waals surface area (Å²) in [4.78, 5) is 12.6. The van der Waals surface area contributed by atoms with Gasteiger partial charge < -0.3 is 9.15 Å². The van der Waals surface area contributed by atoms with Gasteiger partial charge in [0.05, 0.1) is 18.4 Å². The first kappa shape index (κ1) is 13.7. The molecule has 0 radical (unpaired) electrons. The molecule has 2 aromatic rings. The molecule has 0 fully saturated rings. The molecule has 0 amide bonds. The molecule has 4 heteroatoms. The summed E-state index contributed by atoms with van der Waals surface area (Å²) in [6, 6.07) is 9.27. The number of carbonyl (C=O) groups excluding carboxylic acids is 1. The Labute approximate surface area is 117 Å². The van der Waals surface area contributed by atoms with Crippen LogP contribution < -0.4 is 4.74 Å². The third kappa shape index (κ3) is 3.64. The van der Waals surface area contributed by atoms with Crippen molar-refractivity contribution in [3.8, 4) is 5.75 Å². The summed E-state index contributed by atoms with van der Waals surface area (Å²) < 4.78 is 10.9. The number of benzene rings is 1. The van der Waals surface area contributed by atoms with Crippen LogP contribution in [0.3, 0.4) is 0 Å². The third-order valence-electron chi connectivity index (χ3n) is 2.68. The van der Waals surface area contributed by atoms with E-state index < -0.39 is 0 Å². The molecule has 0 aliphatic heterocycles. The smallest absolute Gasteiger partial charge is 0.163 e. The quantitative estimate of drug-likeness (QED) is 0.455.